The summed E-state index contributed by atoms with van der Waals surface area (Å²) in [5, 5.41) is 7.19. The van der Waals surface area contributed by atoms with Crippen LogP contribution < -0.4 is 15.8 Å². The van der Waals surface area contributed by atoms with Crippen molar-refractivity contribution in [3.8, 4) is 11.4 Å². The fraction of sp³-hybridized carbons (Fsp3) is 0.308. The molecule has 0 saturated carbocycles. The van der Waals surface area contributed by atoms with Crippen molar-refractivity contribution >= 4 is 21.5 Å². The smallest absolute Gasteiger partial charge is 0.182 e. The molecule has 0 unspecified atom stereocenters. The van der Waals surface area contributed by atoms with Crippen molar-refractivity contribution in [3.05, 3.63) is 24.3 Å². The van der Waals surface area contributed by atoms with E-state index >= 15 is 0 Å². The number of hydrogen-bond donors (Lipinski definition) is 2. The SMILES string of the molecule is CCNc1nn(-c2ccccc2OC)c(N)c1S(C)(=O)=O. The van der Waals surface area contributed by atoms with Gasteiger partial charge >= 0.3 is 0 Å². The van der Waals surface area contributed by atoms with Crippen molar-refractivity contribution in [1.82, 2.24) is 9.78 Å². The number of sulfone groups is 1. The van der Waals surface area contributed by atoms with Gasteiger partial charge in [0.15, 0.2) is 20.6 Å². The van der Waals surface area contributed by atoms with E-state index in [2.05, 4.69) is 10.4 Å². The fourth-order valence-electron chi connectivity index (χ4n) is 2.05. The molecule has 8 heteroatoms. The maximum absolute atomic E-state index is 11.9. The average Bonchev–Trinajstić information content (AvgIpc) is 2.75. The third kappa shape index (κ3) is 2.80. The maximum atomic E-state index is 11.9. The molecule has 0 amide bonds. The second kappa shape index (κ2) is 5.65. The Labute approximate surface area is 123 Å². The van der Waals surface area contributed by atoms with E-state index in [4.69, 9.17) is 10.5 Å². The van der Waals surface area contributed by atoms with Crippen LogP contribution in [0.5, 0.6) is 5.75 Å². The zero-order valence-electron chi connectivity index (χ0n) is 12.1. The standard InChI is InChI=1S/C13H18N4O3S/c1-4-15-13-11(21(3,18)19)12(14)17(16-13)9-7-5-6-8-10(9)20-2/h5-8H,4,14H2,1-3H3,(H,15,16). The monoisotopic (exact) mass is 310 g/mol. The van der Waals surface area contributed by atoms with Gasteiger partial charge in [-0.05, 0) is 19.1 Å². The second-order valence-electron chi connectivity index (χ2n) is 4.45. The Kier molecular flexibility index (Phi) is 4.08. The van der Waals surface area contributed by atoms with Crippen LogP contribution in [0.4, 0.5) is 11.6 Å². The Bertz CT molecular complexity index is 753. The number of anilines is 2. The van der Waals surface area contributed by atoms with Gasteiger partial charge in [-0.2, -0.15) is 0 Å². The number of ether oxygens (including phenoxy) is 1. The van der Waals surface area contributed by atoms with Crippen LogP contribution in [0.25, 0.3) is 5.69 Å². The van der Waals surface area contributed by atoms with Gasteiger partial charge in [-0.1, -0.05) is 12.1 Å². The van der Waals surface area contributed by atoms with Gasteiger partial charge < -0.3 is 15.8 Å². The van der Waals surface area contributed by atoms with Crippen molar-refractivity contribution < 1.29 is 13.2 Å². The molecule has 0 saturated heterocycles. The topological polar surface area (TPSA) is 99.2 Å². The van der Waals surface area contributed by atoms with Crippen molar-refractivity contribution in [3.63, 3.8) is 0 Å². The minimum Gasteiger partial charge on any atom is -0.494 e. The van der Waals surface area contributed by atoms with Crippen molar-refractivity contribution in [1.29, 1.82) is 0 Å². The Balaban J connectivity index is 2.71. The predicted octanol–water partition coefficient (Wildman–Crippen LogP) is 1.30. The predicted molar refractivity (Wildman–Crippen MR) is 81.8 cm³/mol. The molecule has 0 spiro atoms. The van der Waals surface area contributed by atoms with E-state index in [1.807, 2.05) is 13.0 Å². The number of hydrogen-bond acceptors (Lipinski definition) is 6. The summed E-state index contributed by atoms with van der Waals surface area (Å²) in [5.74, 6) is 0.844. The summed E-state index contributed by atoms with van der Waals surface area (Å²) in [6, 6.07) is 7.12. The normalized spacial score (nSPS) is 11.4. The number of methoxy groups -OCH3 is 1. The molecule has 7 nitrogen and oxygen atoms in total. The van der Waals surface area contributed by atoms with Crippen molar-refractivity contribution in [2.24, 2.45) is 0 Å². The summed E-state index contributed by atoms with van der Waals surface area (Å²) in [5.41, 5.74) is 6.58. The molecular weight excluding hydrogens is 292 g/mol. The molecule has 0 radical (unpaired) electrons. The highest BCUT2D eigenvalue weighted by Gasteiger charge is 2.25. The quantitative estimate of drug-likeness (QED) is 0.863. The maximum Gasteiger partial charge on any atom is 0.182 e. The Hall–Kier alpha value is -2.22. The van der Waals surface area contributed by atoms with Crippen LogP contribution in [-0.2, 0) is 9.84 Å². The van der Waals surface area contributed by atoms with Gasteiger partial charge in [-0.25, -0.2) is 13.1 Å². The molecule has 0 atom stereocenters. The van der Waals surface area contributed by atoms with Crippen LogP contribution in [0.2, 0.25) is 0 Å². The fourth-order valence-corrected chi connectivity index (χ4v) is 2.98. The van der Waals surface area contributed by atoms with E-state index in [9.17, 15) is 8.42 Å². The van der Waals surface area contributed by atoms with Gasteiger partial charge in [-0.3, -0.25) is 0 Å². The molecule has 1 aromatic heterocycles. The highest BCUT2D eigenvalue weighted by Crippen LogP contribution is 2.32. The zero-order chi connectivity index (χ0) is 15.6. The van der Waals surface area contributed by atoms with Gasteiger partial charge in [-0.15, -0.1) is 5.10 Å². The van der Waals surface area contributed by atoms with Gasteiger partial charge in [0.2, 0.25) is 0 Å². The van der Waals surface area contributed by atoms with Crippen LogP contribution in [0, 0.1) is 0 Å². The van der Waals surface area contributed by atoms with Crippen LogP contribution >= 0.6 is 0 Å². The van der Waals surface area contributed by atoms with E-state index in [1.54, 1.807) is 18.2 Å². The highest BCUT2D eigenvalue weighted by atomic mass is 32.2. The molecule has 1 aromatic carbocycles. The first-order chi connectivity index (χ1) is 9.90. The molecular formula is C13H18N4O3S. The Morgan fingerprint density at radius 2 is 2.05 bits per heavy atom. The van der Waals surface area contributed by atoms with Crippen LogP contribution in [0.3, 0.4) is 0 Å². The molecule has 1 heterocycles. The summed E-state index contributed by atoms with van der Waals surface area (Å²) in [6.45, 7) is 2.38. The van der Waals surface area contributed by atoms with E-state index in [1.165, 1.54) is 11.8 Å². The third-order valence-corrected chi connectivity index (χ3v) is 4.05. The molecule has 0 aliphatic rings. The lowest BCUT2D eigenvalue weighted by atomic mass is 10.3. The molecule has 0 bridgehead atoms. The van der Waals surface area contributed by atoms with Crippen molar-refractivity contribution in [2.45, 2.75) is 11.8 Å². The first-order valence-corrected chi connectivity index (χ1v) is 8.25. The molecule has 0 aliphatic carbocycles. The lowest BCUT2D eigenvalue weighted by Gasteiger charge is -2.09. The molecule has 2 aromatic rings. The first kappa shape index (κ1) is 15.2. The summed E-state index contributed by atoms with van der Waals surface area (Å²) in [4.78, 5) is -0.00439. The van der Waals surface area contributed by atoms with Crippen molar-refractivity contribution in [2.75, 3.05) is 31.0 Å². The Morgan fingerprint density at radius 1 is 1.38 bits per heavy atom. The number of aromatic nitrogens is 2. The van der Waals surface area contributed by atoms with Gasteiger partial charge in [0, 0.05) is 12.8 Å². The average molecular weight is 310 g/mol. The summed E-state index contributed by atoms with van der Waals surface area (Å²) in [7, 11) is -1.98. The Morgan fingerprint density at radius 3 is 2.62 bits per heavy atom. The van der Waals surface area contributed by atoms with Gasteiger partial charge in [0.25, 0.3) is 0 Å². The van der Waals surface area contributed by atoms with E-state index in [0.717, 1.165) is 6.26 Å². The van der Waals surface area contributed by atoms with E-state index < -0.39 is 9.84 Å². The van der Waals surface area contributed by atoms with Crippen LogP contribution in [0.15, 0.2) is 29.2 Å². The minimum atomic E-state index is -3.50. The molecule has 3 N–H and O–H groups in total. The van der Waals surface area contributed by atoms with Gasteiger partial charge in [0.05, 0.1) is 7.11 Å². The van der Waals surface area contributed by atoms with Gasteiger partial charge in [0.1, 0.15) is 17.3 Å². The number of nitrogen functional groups attached to an aromatic ring is 1. The van der Waals surface area contributed by atoms with Crippen LogP contribution in [-0.4, -0.2) is 38.1 Å². The lowest BCUT2D eigenvalue weighted by molar-refractivity contribution is 0.412. The third-order valence-electron chi connectivity index (χ3n) is 2.90. The highest BCUT2D eigenvalue weighted by molar-refractivity contribution is 7.91. The second-order valence-corrected chi connectivity index (χ2v) is 6.40. The number of rotatable bonds is 5. The van der Waals surface area contributed by atoms with E-state index in [0.29, 0.717) is 18.0 Å². The largest absolute Gasteiger partial charge is 0.494 e. The lowest BCUT2D eigenvalue weighted by Crippen LogP contribution is -2.07. The minimum absolute atomic E-state index is 0.00439. The van der Waals surface area contributed by atoms with Crippen LogP contribution in [0.1, 0.15) is 6.92 Å². The first-order valence-electron chi connectivity index (χ1n) is 6.36. The summed E-state index contributed by atoms with van der Waals surface area (Å²) >= 11 is 0. The molecule has 2 rings (SSSR count). The molecule has 0 aliphatic heterocycles. The molecule has 0 fully saturated rings. The number of nitrogens with two attached hydrogens (primary N) is 1. The number of nitrogens with zero attached hydrogens (tertiary/aromatic N) is 2. The zero-order valence-corrected chi connectivity index (χ0v) is 12.9. The summed E-state index contributed by atoms with van der Waals surface area (Å²) < 4.78 is 30.5. The van der Waals surface area contributed by atoms with E-state index in [-0.39, 0.29) is 16.5 Å². The summed E-state index contributed by atoms with van der Waals surface area (Å²) in [6.07, 6.45) is 1.10. The molecule has 21 heavy (non-hydrogen) atoms. The number of benzene rings is 1. The molecule has 114 valence electrons. The number of nitrogens with one attached hydrogen (secondary N) is 1. The number of para-hydroxylation sites is 2.